The number of anilines is 2. The Balaban J connectivity index is 2.18. The van der Waals surface area contributed by atoms with Crippen molar-refractivity contribution < 1.29 is 9.13 Å². The Kier molecular flexibility index (Phi) is 4.66. The summed E-state index contributed by atoms with van der Waals surface area (Å²) in [6.45, 7) is 2.58. The molecule has 18 heavy (non-hydrogen) atoms. The summed E-state index contributed by atoms with van der Waals surface area (Å²) in [4.78, 5) is 2.17. The van der Waals surface area contributed by atoms with E-state index < -0.39 is 0 Å². The van der Waals surface area contributed by atoms with Crippen molar-refractivity contribution in [1.82, 2.24) is 0 Å². The van der Waals surface area contributed by atoms with E-state index in [0.717, 1.165) is 38.2 Å². The van der Waals surface area contributed by atoms with E-state index in [1.165, 1.54) is 0 Å². The number of hydrogen-bond acceptors (Lipinski definition) is 3. The molecule has 1 saturated heterocycles. The Morgan fingerprint density at radius 1 is 1.56 bits per heavy atom. The maximum Gasteiger partial charge on any atom is 0.138 e. The summed E-state index contributed by atoms with van der Waals surface area (Å²) in [6.07, 6.45) is 2.26. The van der Waals surface area contributed by atoms with Crippen LogP contribution >= 0.6 is 22.6 Å². The molecule has 1 aliphatic heterocycles. The molecule has 5 heteroatoms. The van der Waals surface area contributed by atoms with E-state index in [1.807, 2.05) is 22.6 Å². The fourth-order valence-electron chi connectivity index (χ4n) is 2.48. The van der Waals surface area contributed by atoms with E-state index in [1.54, 1.807) is 19.2 Å². The summed E-state index contributed by atoms with van der Waals surface area (Å²) in [5, 5.41) is 0. The second kappa shape index (κ2) is 6.06. The van der Waals surface area contributed by atoms with Crippen molar-refractivity contribution in [3.63, 3.8) is 0 Å². The third kappa shape index (κ3) is 3.06. The van der Waals surface area contributed by atoms with Crippen LogP contribution in [0.2, 0.25) is 0 Å². The van der Waals surface area contributed by atoms with Gasteiger partial charge in [0.05, 0.1) is 21.6 Å². The number of nitrogens with zero attached hydrogens (tertiary/aromatic N) is 1. The SMILES string of the molecule is COCC1CCCN(c2cc(F)c(I)cc2N)C1. The van der Waals surface area contributed by atoms with Crippen LogP contribution in [0, 0.1) is 15.3 Å². The van der Waals surface area contributed by atoms with Gasteiger partial charge < -0.3 is 15.4 Å². The molecule has 1 aliphatic rings. The number of benzene rings is 1. The van der Waals surface area contributed by atoms with Gasteiger partial charge in [-0.15, -0.1) is 0 Å². The lowest BCUT2D eigenvalue weighted by atomic mass is 9.98. The molecule has 1 aromatic carbocycles. The summed E-state index contributed by atoms with van der Waals surface area (Å²) < 4.78 is 19.4. The Hall–Kier alpha value is -0.560. The molecule has 0 saturated carbocycles. The average Bonchev–Trinajstić information content (AvgIpc) is 2.34. The van der Waals surface area contributed by atoms with E-state index in [9.17, 15) is 4.39 Å². The fourth-order valence-corrected chi connectivity index (χ4v) is 2.97. The Morgan fingerprint density at radius 3 is 3.06 bits per heavy atom. The van der Waals surface area contributed by atoms with E-state index in [2.05, 4.69) is 4.90 Å². The maximum absolute atomic E-state index is 13.6. The summed E-state index contributed by atoms with van der Waals surface area (Å²) in [5.41, 5.74) is 7.46. The number of hydrogen-bond donors (Lipinski definition) is 1. The lowest BCUT2D eigenvalue weighted by molar-refractivity contribution is 0.143. The number of rotatable bonds is 3. The van der Waals surface area contributed by atoms with Crippen LogP contribution in [0.15, 0.2) is 12.1 Å². The second-order valence-electron chi connectivity index (χ2n) is 4.73. The highest BCUT2D eigenvalue weighted by Gasteiger charge is 2.22. The molecule has 0 aliphatic carbocycles. The minimum Gasteiger partial charge on any atom is -0.397 e. The van der Waals surface area contributed by atoms with Gasteiger partial charge in [-0.1, -0.05) is 0 Å². The molecule has 0 spiro atoms. The Bertz CT molecular complexity index is 426. The van der Waals surface area contributed by atoms with E-state index in [-0.39, 0.29) is 5.82 Å². The molecular formula is C13H18FIN2O. The number of ether oxygens (including phenoxy) is 1. The van der Waals surface area contributed by atoms with Gasteiger partial charge in [-0.3, -0.25) is 0 Å². The molecule has 100 valence electrons. The highest BCUT2D eigenvalue weighted by Crippen LogP contribution is 2.31. The van der Waals surface area contributed by atoms with Gasteiger partial charge in [-0.05, 0) is 47.4 Å². The predicted octanol–water partition coefficient (Wildman–Crippen LogP) is 2.88. The quantitative estimate of drug-likeness (QED) is 0.662. The van der Waals surface area contributed by atoms with Crippen LogP contribution in [0.25, 0.3) is 0 Å². The maximum atomic E-state index is 13.6. The normalized spacial score (nSPS) is 20.2. The van der Waals surface area contributed by atoms with Crippen LogP contribution in [0.3, 0.4) is 0 Å². The lowest BCUT2D eigenvalue weighted by Crippen LogP contribution is -2.37. The summed E-state index contributed by atoms with van der Waals surface area (Å²) in [7, 11) is 1.72. The van der Waals surface area contributed by atoms with Crippen LogP contribution < -0.4 is 10.6 Å². The predicted molar refractivity (Wildman–Crippen MR) is 80.3 cm³/mol. The minimum atomic E-state index is -0.200. The highest BCUT2D eigenvalue weighted by molar-refractivity contribution is 14.1. The molecule has 0 aromatic heterocycles. The molecule has 2 rings (SSSR count). The van der Waals surface area contributed by atoms with Gasteiger partial charge >= 0.3 is 0 Å². The van der Waals surface area contributed by atoms with Crippen molar-refractivity contribution >= 4 is 34.0 Å². The molecule has 0 radical (unpaired) electrons. The van der Waals surface area contributed by atoms with E-state index in [0.29, 0.717) is 15.2 Å². The van der Waals surface area contributed by atoms with Gasteiger partial charge in [0.25, 0.3) is 0 Å². The highest BCUT2D eigenvalue weighted by atomic mass is 127. The summed E-state index contributed by atoms with van der Waals surface area (Å²) >= 11 is 1.96. The molecule has 2 N–H and O–H groups in total. The molecule has 1 heterocycles. The first kappa shape index (κ1) is 13.9. The summed E-state index contributed by atoms with van der Waals surface area (Å²) in [6, 6.07) is 3.25. The standard InChI is InChI=1S/C13H18FIN2O/c1-18-8-9-3-2-4-17(7-9)13-5-10(14)11(15)6-12(13)16/h5-6,9H,2-4,7-8,16H2,1H3. The average molecular weight is 364 g/mol. The molecule has 1 fully saturated rings. The van der Waals surface area contributed by atoms with E-state index in [4.69, 9.17) is 10.5 Å². The third-order valence-corrected chi connectivity index (χ3v) is 4.16. The first-order valence-corrected chi connectivity index (χ1v) is 7.18. The molecular weight excluding hydrogens is 346 g/mol. The first-order chi connectivity index (χ1) is 8.61. The zero-order valence-electron chi connectivity index (χ0n) is 10.5. The van der Waals surface area contributed by atoms with Crippen LogP contribution in [-0.2, 0) is 4.74 Å². The lowest BCUT2D eigenvalue weighted by Gasteiger charge is -2.34. The monoisotopic (exact) mass is 364 g/mol. The smallest absolute Gasteiger partial charge is 0.138 e. The third-order valence-electron chi connectivity index (χ3n) is 3.33. The minimum absolute atomic E-state index is 0.200. The number of nitrogen functional groups attached to an aromatic ring is 1. The number of methoxy groups -OCH3 is 1. The number of piperidine rings is 1. The van der Waals surface area contributed by atoms with Gasteiger partial charge in [0.2, 0.25) is 0 Å². The van der Waals surface area contributed by atoms with Gasteiger partial charge in [-0.25, -0.2) is 4.39 Å². The first-order valence-electron chi connectivity index (χ1n) is 6.10. The van der Waals surface area contributed by atoms with Crippen molar-refractivity contribution in [3.8, 4) is 0 Å². The second-order valence-corrected chi connectivity index (χ2v) is 5.90. The molecule has 3 nitrogen and oxygen atoms in total. The van der Waals surface area contributed by atoms with Crippen molar-refractivity contribution in [3.05, 3.63) is 21.5 Å². The van der Waals surface area contributed by atoms with Crippen molar-refractivity contribution in [2.75, 3.05) is 37.4 Å². The molecule has 0 amide bonds. The summed E-state index contributed by atoms with van der Waals surface area (Å²) in [5.74, 6) is 0.305. The fraction of sp³-hybridized carbons (Fsp3) is 0.538. The molecule has 0 bridgehead atoms. The van der Waals surface area contributed by atoms with Crippen molar-refractivity contribution in [2.45, 2.75) is 12.8 Å². The van der Waals surface area contributed by atoms with Crippen molar-refractivity contribution in [1.29, 1.82) is 0 Å². The van der Waals surface area contributed by atoms with Crippen LogP contribution in [0.1, 0.15) is 12.8 Å². The van der Waals surface area contributed by atoms with Gasteiger partial charge in [0.1, 0.15) is 5.82 Å². The van der Waals surface area contributed by atoms with E-state index >= 15 is 0 Å². The topological polar surface area (TPSA) is 38.5 Å². The number of nitrogens with two attached hydrogens (primary N) is 1. The molecule has 1 atom stereocenters. The zero-order valence-corrected chi connectivity index (χ0v) is 12.6. The Labute approximate surface area is 121 Å². The largest absolute Gasteiger partial charge is 0.397 e. The van der Waals surface area contributed by atoms with Crippen LogP contribution in [0.5, 0.6) is 0 Å². The van der Waals surface area contributed by atoms with Gasteiger partial charge in [-0.2, -0.15) is 0 Å². The van der Waals surface area contributed by atoms with Gasteiger partial charge in [0.15, 0.2) is 0 Å². The van der Waals surface area contributed by atoms with Crippen molar-refractivity contribution in [2.24, 2.45) is 5.92 Å². The Morgan fingerprint density at radius 2 is 2.33 bits per heavy atom. The molecule has 1 unspecified atom stereocenters. The van der Waals surface area contributed by atoms with Crippen LogP contribution in [-0.4, -0.2) is 26.8 Å². The molecule has 1 aromatic rings. The van der Waals surface area contributed by atoms with Crippen LogP contribution in [0.4, 0.5) is 15.8 Å². The van der Waals surface area contributed by atoms with Gasteiger partial charge in [0, 0.05) is 26.3 Å². The zero-order chi connectivity index (χ0) is 13.1. The number of halogens is 2.